The number of aromatic nitrogens is 3. The molecule has 0 aliphatic carbocycles. The topological polar surface area (TPSA) is 89.9 Å². The second-order valence-corrected chi connectivity index (χ2v) is 3.13. The van der Waals surface area contributed by atoms with Crippen LogP contribution < -0.4 is 11.1 Å². The fraction of sp³-hybridized carbons (Fsp3) is 0.125. The Morgan fingerprint density at radius 3 is 3.07 bits per heavy atom. The average Bonchev–Trinajstić information content (AvgIpc) is 2.73. The van der Waals surface area contributed by atoms with Crippen molar-refractivity contribution in [3.63, 3.8) is 0 Å². The molecule has 3 N–H and O–H groups in total. The number of nitrogen functional groups attached to an aromatic ring is 1. The number of nitrogens with one attached hydrogen (secondary N) is 1. The van der Waals surface area contributed by atoms with Gasteiger partial charge in [0.2, 0.25) is 0 Å². The minimum atomic E-state index is 0.229. The van der Waals surface area contributed by atoms with Gasteiger partial charge in [0.1, 0.15) is 24.0 Å². The molecule has 2 rings (SSSR count). The van der Waals surface area contributed by atoms with Crippen LogP contribution in [-0.4, -0.2) is 15.1 Å². The molecule has 2 heterocycles. The molecule has 0 amide bonds. The van der Waals surface area contributed by atoms with Gasteiger partial charge in [-0.05, 0) is 0 Å². The molecule has 0 fully saturated rings. The molecule has 15 heavy (non-hydrogen) atoms. The van der Waals surface area contributed by atoms with E-state index in [1.165, 1.54) is 12.6 Å². The molecule has 0 unspecified atom stereocenters. The molecule has 7 heteroatoms. The number of rotatable bonds is 3. The molecule has 0 saturated carbocycles. The molecular formula is C8H8ClN5O. The lowest BCUT2D eigenvalue weighted by molar-refractivity contribution is 0.412. The Balaban J connectivity index is 2.08. The summed E-state index contributed by atoms with van der Waals surface area (Å²) in [5.41, 5.74) is 6.73. The van der Waals surface area contributed by atoms with E-state index >= 15 is 0 Å². The fourth-order valence-electron chi connectivity index (χ4n) is 1.02. The van der Waals surface area contributed by atoms with Crippen LogP contribution in [0.15, 0.2) is 23.2 Å². The highest BCUT2D eigenvalue weighted by Crippen LogP contribution is 2.21. The predicted molar refractivity (Wildman–Crippen MR) is 55.3 cm³/mol. The maximum absolute atomic E-state index is 5.72. The van der Waals surface area contributed by atoms with E-state index in [0.717, 1.165) is 5.69 Å². The van der Waals surface area contributed by atoms with Crippen LogP contribution in [0.2, 0.25) is 5.15 Å². The van der Waals surface area contributed by atoms with Gasteiger partial charge in [-0.25, -0.2) is 9.97 Å². The largest absolute Gasteiger partial charge is 0.393 e. The van der Waals surface area contributed by atoms with Gasteiger partial charge in [0, 0.05) is 6.07 Å². The summed E-state index contributed by atoms with van der Waals surface area (Å²) in [7, 11) is 0. The summed E-state index contributed by atoms with van der Waals surface area (Å²) in [6.45, 7) is 0.466. The zero-order valence-electron chi connectivity index (χ0n) is 7.64. The molecule has 0 radical (unpaired) electrons. The summed E-state index contributed by atoms with van der Waals surface area (Å²) >= 11 is 5.72. The van der Waals surface area contributed by atoms with E-state index in [9.17, 15) is 0 Å². The van der Waals surface area contributed by atoms with Gasteiger partial charge in [-0.2, -0.15) is 0 Å². The second kappa shape index (κ2) is 4.14. The first-order valence-electron chi connectivity index (χ1n) is 4.16. The summed E-state index contributed by atoms with van der Waals surface area (Å²) in [4.78, 5) is 7.69. The van der Waals surface area contributed by atoms with E-state index in [1.807, 2.05) is 0 Å². The smallest absolute Gasteiger partial charge is 0.157 e. The summed E-state index contributed by atoms with van der Waals surface area (Å²) in [5, 5.41) is 6.93. The normalized spacial score (nSPS) is 10.2. The first-order chi connectivity index (χ1) is 7.27. The lowest BCUT2D eigenvalue weighted by atomic mass is 10.4. The van der Waals surface area contributed by atoms with Gasteiger partial charge in [-0.3, -0.25) is 0 Å². The maximum atomic E-state index is 5.72. The van der Waals surface area contributed by atoms with Gasteiger partial charge >= 0.3 is 0 Å². The van der Waals surface area contributed by atoms with Crippen LogP contribution >= 0.6 is 11.6 Å². The molecule has 6 nitrogen and oxygen atoms in total. The van der Waals surface area contributed by atoms with Crippen molar-refractivity contribution in [3.05, 3.63) is 29.5 Å². The van der Waals surface area contributed by atoms with Crippen molar-refractivity contribution in [1.29, 1.82) is 0 Å². The van der Waals surface area contributed by atoms with Gasteiger partial charge in [0.05, 0.1) is 6.54 Å². The van der Waals surface area contributed by atoms with Crippen molar-refractivity contribution in [2.75, 3.05) is 11.1 Å². The van der Waals surface area contributed by atoms with Crippen molar-refractivity contribution >= 4 is 23.1 Å². The number of hydrogen-bond acceptors (Lipinski definition) is 6. The fourth-order valence-corrected chi connectivity index (χ4v) is 1.15. The van der Waals surface area contributed by atoms with Crippen molar-refractivity contribution in [1.82, 2.24) is 15.1 Å². The Morgan fingerprint density at radius 1 is 1.47 bits per heavy atom. The lowest BCUT2D eigenvalue weighted by Crippen LogP contribution is -2.05. The quantitative estimate of drug-likeness (QED) is 0.766. The zero-order valence-corrected chi connectivity index (χ0v) is 8.40. The van der Waals surface area contributed by atoms with E-state index in [2.05, 4.69) is 25.0 Å². The number of nitrogens with zero attached hydrogens (tertiary/aromatic N) is 3. The van der Waals surface area contributed by atoms with Crippen LogP contribution in [0.4, 0.5) is 11.5 Å². The van der Waals surface area contributed by atoms with Crippen molar-refractivity contribution < 1.29 is 4.52 Å². The Bertz CT molecular complexity index is 444. The Hall–Kier alpha value is -1.82. The third kappa shape index (κ3) is 2.16. The van der Waals surface area contributed by atoms with Crippen molar-refractivity contribution in [2.24, 2.45) is 0 Å². The number of anilines is 2. The highest BCUT2D eigenvalue weighted by Gasteiger charge is 2.05. The third-order valence-corrected chi connectivity index (χ3v) is 2.06. The molecular weight excluding hydrogens is 218 g/mol. The van der Waals surface area contributed by atoms with Crippen LogP contribution in [-0.2, 0) is 6.54 Å². The molecule has 0 aromatic carbocycles. The molecule has 0 aliphatic heterocycles. The van der Waals surface area contributed by atoms with Gasteiger partial charge < -0.3 is 15.6 Å². The maximum Gasteiger partial charge on any atom is 0.157 e. The molecule has 0 spiro atoms. The minimum Gasteiger partial charge on any atom is -0.393 e. The Labute approximate surface area is 90.5 Å². The van der Waals surface area contributed by atoms with E-state index in [4.69, 9.17) is 17.3 Å². The molecule has 2 aromatic rings. The van der Waals surface area contributed by atoms with Crippen LogP contribution in [0.5, 0.6) is 0 Å². The second-order valence-electron chi connectivity index (χ2n) is 2.77. The standard InChI is InChI=1S/C8H8ClN5O/c9-7-6(10)8(13-4-12-7)11-3-5-1-2-15-14-5/h1-2,4H,3,10H2,(H,11,12,13). The summed E-state index contributed by atoms with van der Waals surface area (Å²) in [6, 6.07) is 1.74. The van der Waals surface area contributed by atoms with Crippen LogP contribution in [0.3, 0.4) is 0 Å². The van der Waals surface area contributed by atoms with E-state index in [1.54, 1.807) is 6.07 Å². The van der Waals surface area contributed by atoms with Crippen LogP contribution in [0, 0.1) is 0 Å². The predicted octanol–water partition coefficient (Wildman–Crippen LogP) is 1.31. The minimum absolute atomic E-state index is 0.229. The van der Waals surface area contributed by atoms with Gasteiger partial charge in [0.25, 0.3) is 0 Å². The number of hydrogen-bond donors (Lipinski definition) is 2. The summed E-state index contributed by atoms with van der Waals surface area (Å²) in [6.07, 6.45) is 2.83. The van der Waals surface area contributed by atoms with E-state index in [0.29, 0.717) is 18.1 Å². The van der Waals surface area contributed by atoms with E-state index < -0.39 is 0 Å². The number of halogens is 1. The molecule has 78 valence electrons. The van der Waals surface area contributed by atoms with Gasteiger partial charge in [-0.15, -0.1) is 0 Å². The number of nitrogens with two attached hydrogens (primary N) is 1. The van der Waals surface area contributed by atoms with E-state index in [-0.39, 0.29) is 5.15 Å². The van der Waals surface area contributed by atoms with Crippen LogP contribution in [0.1, 0.15) is 5.69 Å². The van der Waals surface area contributed by atoms with Crippen molar-refractivity contribution in [2.45, 2.75) is 6.54 Å². The Morgan fingerprint density at radius 2 is 2.33 bits per heavy atom. The first kappa shape index (κ1) is 9.72. The summed E-state index contributed by atoms with van der Waals surface area (Å²) in [5.74, 6) is 0.484. The van der Waals surface area contributed by atoms with Gasteiger partial charge in [-0.1, -0.05) is 16.8 Å². The molecule has 0 aliphatic rings. The average molecular weight is 226 g/mol. The zero-order chi connectivity index (χ0) is 10.7. The van der Waals surface area contributed by atoms with Gasteiger partial charge in [0.15, 0.2) is 11.0 Å². The third-order valence-electron chi connectivity index (χ3n) is 1.76. The summed E-state index contributed by atoms with van der Waals surface area (Å²) < 4.78 is 4.68. The SMILES string of the molecule is Nc1c(Cl)ncnc1NCc1ccon1. The Kier molecular flexibility index (Phi) is 2.68. The molecule has 0 saturated heterocycles. The first-order valence-corrected chi connectivity index (χ1v) is 4.54. The lowest BCUT2D eigenvalue weighted by Gasteiger charge is -2.06. The molecule has 2 aromatic heterocycles. The molecule has 0 atom stereocenters. The highest BCUT2D eigenvalue weighted by molar-refractivity contribution is 6.32. The molecule has 0 bridgehead atoms. The van der Waals surface area contributed by atoms with Crippen molar-refractivity contribution in [3.8, 4) is 0 Å². The monoisotopic (exact) mass is 225 g/mol. The van der Waals surface area contributed by atoms with Crippen LogP contribution in [0.25, 0.3) is 0 Å². The highest BCUT2D eigenvalue weighted by atomic mass is 35.5.